The molecular formula is C16H17FN2O4S. The quantitative estimate of drug-likeness (QED) is 0.837. The second-order valence-corrected chi connectivity index (χ2v) is 6.72. The molecule has 2 rings (SSSR count). The van der Waals surface area contributed by atoms with Crippen LogP contribution in [0.1, 0.15) is 5.56 Å². The van der Waals surface area contributed by atoms with Gasteiger partial charge in [0.15, 0.2) is 0 Å². The van der Waals surface area contributed by atoms with E-state index in [1.54, 1.807) is 12.1 Å². The van der Waals surface area contributed by atoms with E-state index in [0.717, 1.165) is 12.1 Å². The summed E-state index contributed by atoms with van der Waals surface area (Å²) < 4.78 is 44.9. The van der Waals surface area contributed by atoms with Crippen molar-refractivity contribution in [1.29, 1.82) is 0 Å². The van der Waals surface area contributed by atoms with Crippen molar-refractivity contribution in [3.05, 3.63) is 53.8 Å². The average Bonchev–Trinajstić information content (AvgIpc) is 2.48. The minimum absolute atomic E-state index is 0.00127. The Hall–Kier alpha value is -2.45. The van der Waals surface area contributed by atoms with Crippen molar-refractivity contribution >= 4 is 27.3 Å². The highest BCUT2D eigenvalue weighted by atomic mass is 32.2. The van der Waals surface area contributed by atoms with E-state index in [2.05, 4.69) is 10.0 Å². The van der Waals surface area contributed by atoms with Gasteiger partial charge in [-0.2, -0.15) is 0 Å². The molecule has 0 spiro atoms. The normalized spacial score (nSPS) is 11.1. The molecular weight excluding hydrogens is 335 g/mol. The molecule has 24 heavy (non-hydrogen) atoms. The van der Waals surface area contributed by atoms with Gasteiger partial charge in [-0.1, -0.05) is 0 Å². The van der Waals surface area contributed by atoms with Crippen molar-refractivity contribution in [3.63, 3.8) is 0 Å². The number of halogens is 1. The Kier molecular flexibility index (Phi) is 5.53. The first-order valence-electron chi connectivity index (χ1n) is 6.99. The maximum Gasteiger partial charge on any atom is 0.262 e. The van der Waals surface area contributed by atoms with E-state index in [4.69, 9.17) is 4.74 Å². The number of hydrogen-bond donors (Lipinski definition) is 2. The molecule has 1 amide bonds. The molecule has 0 unspecified atom stereocenters. The number of carbonyl (C=O) groups excluding carboxylic acids is 1. The molecule has 0 aliphatic heterocycles. The standard InChI is InChI=1S/C16H17FN2O4S/c1-11-9-12(17)3-8-15(11)24(21,22)19-14-6-4-13(5-7-14)18-16(20)10-23-2/h3-9,19H,10H2,1-2H3,(H,18,20). The molecule has 0 saturated heterocycles. The number of benzene rings is 2. The largest absolute Gasteiger partial charge is 0.375 e. The monoisotopic (exact) mass is 352 g/mol. The van der Waals surface area contributed by atoms with Gasteiger partial charge in [0.05, 0.1) is 4.90 Å². The second kappa shape index (κ2) is 7.41. The summed E-state index contributed by atoms with van der Waals surface area (Å²) in [5, 5.41) is 2.60. The Morgan fingerprint density at radius 3 is 2.33 bits per heavy atom. The van der Waals surface area contributed by atoms with E-state index in [-0.39, 0.29) is 17.4 Å². The molecule has 2 aromatic carbocycles. The van der Waals surface area contributed by atoms with Gasteiger partial charge in [-0.25, -0.2) is 12.8 Å². The van der Waals surface area contributed by atoms with Gasteiger partial charge in [0.25, 0.3) is 10.0 Å². The van der Waals surface area contributed by atoms with E-state index in [1.165, 1.54) is 32.2 Å². The van der Waals surface area contributed by atoms with Crippen LogP contribution in [0.2, 0.25) is 0 Å². The van der Waals surface area contributed by atoms with Gasteiger partial charge in [0.1, 0.15) is 12.4 Å². The van der Waals surface area contributed by atoms with E-state index in [9.17, 15) is 17.6 Å². The zero-order chi connectivity index (χ0) is 17.7. The number of rotatable bonds is 6. The number of sulfonamides is 1. The van der Waals surface area contributed by atoms with Crippen LogP contribution in [0.5, 0.6) is 0 Å². The van der Waals surface area contributed by atoms with Crippen molar-refractivity contribution in [2.75, 3.05) is 23.8 Å². The SMILES string of the molecule is COCC(=O)Nc1ccc(NS(=O)(=O)c2ccc(F)cc2C)cc1. The fraction of sp³-hybridized carbons (Fsp3) is 0.188. The lowest BCUT2D eigenvalue weighted by atomic mass is 10.2. The molecule has 8 heteroatoms. The average molecular weight is 352 g/mol. The highest BCUT2D eigenvalue weighted by Gasteiger charge is 2.17. The van der Waals surface area contributed by atoms with Crippen LogP contribution in [0, 0.1) is 12.7 Å². The van der Waals surface area contributed by atoms with Gasteiger partial charge in [0, 0.05) is 18.5 Å². The second-order valence-electron chi connectivity index (χ2n) is 5.07. The van der Waals surface area contributed by atoms with Gasteiger partial charge < -0.3 is 10.1 Å². The molecule has 6 nitrogen and oxygen atoms in total. The predicted molar refractivity (Wildman–Crippen MR) is 88.9 cm³/mol. The van der Waals surface area contributed by atoms with Crippen molar-refractivity contribution in [1.82, 2.24) is 0 Å². The topological polar surface area (TPSA) is 84.5 Å². The van der Waals surface area contributed by atoms with Gasteiger partial charge >= 0.3 is 0 Å². The third-order valence-corrected chi connectivity index (χ3v) is 4.66. The minimum atomic E-state index is -3.83. The fourth-order valence-electron chi connectivity index (χ4n) is 2.07. The van der Waals surface area contributed by atoms with E-state index in [0.29, 0.717) is 16.9 Å². The highest BCUT2D eigenvalue weighted by Crippen LogP contribution is 2.21. The summed E-state index contributed by atoms with van der Waals surface area (Å²) in [4.78, 5) is 11.4. The molecule has 0 atom stereocenters. The molecule has 0 saturated carbocycles. The summed E-state index contributed by atoms with van der Waals surface area (Å²) in [6.45, 7) is 1.45. The van der Waals surface area contributed by atoms with Crippen LogP contribution >= 0.6 is 0 Å². The Morgan fingerprint density at radius 2 is 1.75 bits per heavy atom. The lowest BCUT2D eigenvalue weighted by Crippen LogP contribution is -2.17. The lowest BCUT2D eigenvalue weighted by molar-refractivity contribution is -0.119. The number of aryl methyl sites for hydroxylation is 1. The minimum Gasteiger partial charge on any atom is -0.375 e. The number of amides is 1. The lowest BCUT2D eigenvalue weighted by Gasteiger charge is -2.11. The number of ether oxygens (including phenoxy) is 1. The Morgan fingerprint density at radius 1 is 1.12 bits per heavy atom. The molecule has 0 radical (unpaired) electrons. The van der Waals surface area contributed by atoms with Crippen molar-refractivity contribution < 1.29 is 22.3 Å². The third-order valence-electron chi connectivity index (χ3n) is 3.12. The molecule has 128 valence electrons. The fourth-order valence-corrected chi connectivity index (χ4v) is 3.36. The van der Waals surface area contributed by atoms with Crippen LogP contribution in [0.15, 0.2) is 47.4 Å². The van der Waals surface area contributed by atoms with Gasteiger partial charge in [0.2, 0.25) is 5.91 Å². The molecule has 0 aromatic heterocycles. The molecule has 2 N–H and O–H groups in total. The Labute approximate surface area is 139 Å². The third kappa shape index (κ3) is 4.53. The van der Waals surface area contributed by atoms with Crippen LogP contribution in [-0.4, -0.2) is 28.0 Å². The number of nitrogens with one attached hydrogen (secondary N) is 2. The summed E-state index contributed by atoms with van der Waals surface area (Å²) >= 11 is 0. The van der Waals surface area contributed by atoms with Gasteiger partial charge in [-0.05, 0) is 55.0 Å². The van der Waals surface area contributed by atoms with Crippen molar-refractivity contribution in [3.8, 4) is 0 Å². The Bertz CT molecular complexity index is 836. The van der Waals surface area contributed by atoms with E-state index < -0.39 is 15.8 Å². The van der Waals surface area contributed by atoms with Crippen LogP contribution in [0.3, 0.4) is 0 Å². The summed E-state index contributed by atoms with van der Waals surface area (Å²) in [7, 11) is -2.42. The number of methoxy groups -OCH3 is 1. The maximum atomic E-state index is 13.1. The number of hydrogen-bond acceptors (Lipinski definition) is 4. The summed E-state index contributed by atoms with van der Waals surface area (Å²) in [6.07, 6.45) is 0. The first kappa shape index (κ1) is 17.9. The van der Waals surface area contributed by atoms with Crippen LogP contribution in [-0.2, 0) is 19.6 Å². The molecule has 0 fully saturated rings. The van der Waals surface area contributed by atoms with Gasteiger partial charge in [-0.3, -0.25) is 9.52 Å². The summed E-state index contributed by atoms with van der Waals surface area (Å²) in [6, 6.07) is 9.61. The molecule has 0 heterocycles. The van der Waals surface area contributed by atoms with E-state index >= 15 is 0 Å². The maximum absolute atomic E-state index is 13.1. The summed E-state index contributed by atoms with van der Waals surface area (Å²) in [5.74, 6) is -0.810. The van der Waals surface area contributed by atoms with Crippen LogP contribution < -0.4 is 10.0 Å². The molecule has 0 aliphatic carbocycles. The smallest absolute Gasteiger partial charge is 0.262 e. The van der Waals surface area contributed by atoms with Gasteiger partial charge in [-0.15, -0.1) is 0 Å². The van der Waals surface area contributed by atoms with Crippen LogP contribution in [0.4, 0.5) is 15.8 Å². The zero-order valence-electron chi connectivity index (χ0n) is 13.2. The van der Waals surface area contributed by atoms with E-state index in [1.807, 2.05) is 0 Å². The summed E-state index contributed by atoms with van der Waals surface area (Å²) in [5.41, 5.74) is 1.15. The van der Waals surface area contributed by atoms with Crippen molar-refractivity contribution in [2.45, 2.75) is 11.8 Å². The first-order valence-corrected chi connectivity index (χ1v) is 8.48. The Balaban J connectivity index is 2.14. The zero-order valence-corrected chi connectivity index (χ0v) is 14.0. The molecule has 0 aliphatic rings. The number of anilines is 2. The first-order chi connectivity index (χ1) is 11.3. The predicted octanol–water partition coefficient (Wildman–Crippen LogP) is 2.52. The highest BCUT2D eigenvalue weighted by molar-refractivity contribution is 7.92. The van der Waals surface area contributed by atoms with Crippen LogP contribution in [0.25, 0.3) is 0 Å². The van der Waals surface area contributed by atoms with Crippen molar-refractivity contribution in [2.24, 2.45) is 0 Å². The molecule has 2 aromatic rings. The molecule has 0 bridgehead atoms. The number of carbonyl (C=O) groups is 1.